The van der Waals surface area contributed by atoms with Crippen LogP contribution < -0.4 is 10.5 Å². The Morgan fingerprint density at radius 2 is 2.22 bits per heavy atom. The molecule has 0 bridgehead atoms. The normalized spacial score (nSPS) is 21.3. The fourth-order valence-electron chi connectivity index (χ4n) is 2.06. The number of halogens is 1. The Morgan fingerprint density at radius 1 is 1.50 bits per heavy atom. The first-order chi connectivity index (χ1) is 8.38. The third-order valence-corrected chi connectivity index (χ3v) is 4.55. The number of nitrogens with two attached hydrogens (primary N) is 1. The van der Waals surface area contributed by atoms with Gasteiger partial charge in [-0.1, -0.05) is 0 Å². The Morgan fingerprint density at radius 3 is 2.83 bits per heavy atom. The van der Waals surface area contributed by atoms with Crippen LogP contribution >= 0.6 is 0 Å². The average molecular weight is 273 g/mol. The molecule has 18 heavy (non-hydrogen) atoms. The van der Waals surface area contributed by atoms with Crippen molar-refractivity contribution in [2.75, 3.05) is 25.9 Å². The van der Waals surface area contributed by atoms with E-state index in [1.54, 1.807) is 0 Å². The van der Waals surface area contributed by atoms with Gasteiger partial charge in [0, 0.05) is 12.6 Å². The maximum Gasteiger partial charge on any atom is 0.243 e. The molecule has 1 atom stereocenters. The van der Waals surface area contributed by atoms with Crippen molar-refractivity contribution < 1.29 is 12.8 Å². The molecule has 0 aromatic heterocycles. The van der Waals surface area contributed by atoms with Gasteiger partial charge in [0.1, 0.15) is 10.7 Å². The SMILES string of the molecule is CN1CCC(NS(=O)(=O)c2cc(F)ccc2N)C1. The minimum Gasteiger partial charge on any atom is -0.398 e. The van der Waals surface area contributed by atoms with Gasteiger partial charge in [-0.05, 0) is 38.2 Å². The predicted molar refractivity (Wildman–Crippen MR) is 67.0 cm³/mol. The van der Waals surface area contributed by atoms with Crippen LogP contribution in [0, 0.1) is 5.82 Å². The fraction of sp³-hybridized carbons (Fsp3) is 0.455. The van der Waals surface area contributed by atoms with Crippen molar-refractivity contribution in [3.8, 4) is 0 Å². The summed E-state index contributed by atoms with van der Waals surface area (Å²) in [6, 6.07) is 3.18. The van der Waals surface area contributed by atoms with Gasteiger partial charge in [0.2, 0.25) is 10.0 Å². The highest BCUT2D eigenvalue weighted by Crippen LogP contribution is 2.20. The van der Waals surface area contributed by atoms with E-state index in [0.717, 1.165) is 25.1 Å². The Hall–Kier alpha value is -1.18. The van der Waals surface area contributed by atoms with E-state index in [2.05, 4.69) is 4.72 Å². The highest BCUT2D eigenvalue weighted by molar-refractivity contribution is 7.89. The van der Waals surface area contributed by atoms with Gasteiger partial charge in [0.15, 0.2) is 0 Å². The summed E-state index contributed by atoms with van der Waals surface area (Å²) in [4.78, 5) is 1.83. The van der Waals surface area contributed by atoms with Crippen molar-refractivity contribution in [2.45, 2.75) is 17.4 Å². The van der Waals surface area contributed by atoms with E-state index in [-0.39, 0.29) is 16.6 Å². The minimum absolute atomic E-state index is 0.0512. The third kappa shape index (κ3) is 2.80. The zero-order valence-corrected chi connectivity index (χ0v) is 10.9. The van der Waals surface area contributed by atoms with Crippen LogP contribution in [0.15, 0.2) is 23.1 Å². The van der Waals surface area contributed by atoms with E-state index in [4.69, 9.17) is 5.73 Å². The fourth-order valence-corrected chi connectivity index (χ4v) is 3.46. The van der Waals surface area contributed by atoms with E-state index in [0.29, 0.717) is 6.54 Å². The van der Waals surface area contributed by atoms with Crippen LogP contribution in [-0.4, -0.2) is 39.5 Å². The Kier molecular flexibility index (Phi) is 3.56. The molecular formula is C11H16FN3O2S. The monoisotopic (exact) mass is 273 g/mol. The van der Waals surface area contributed by atoms with E-state index in [9.17, 15) is 12.8 Å². The summed E-state index contributed by atoms with van der Waals surface area (Å²) in [5.74, 6) is -0.617. The van der Waals surface area contributed by atoms with E-state index in [1.165, 1.54) is 6.07 Å². The lowest BCUT2D eigenvalue weighted by Gasteiger charge is -2.14. The topological polar surface area (TPSA) is 75.4 Å². The summed E-state index contributed by atoms with van der Waals surface area (Å²) in [6.07, 6.45) is 0.741. The number of hydrogen-bond acceptors (Lipinski definition) is 4. The molecule has 5 nitrogen and oxygen atoms in total. The molecule has 1 saturated heterocycles. The number of nitrogens with zero attached hydrogens (tertiary/aromatic N) is 1. The van der Waals surface area contributed by atoms with Gasteiger partial charge >= 0.3 is 0 Å². The quantitative estimate of drug-likeness (QED) is 0.781. The number of hydrogen-bond donors (Lipinski definition) is 2. The number of benzene rings is 1. The van der Waals surface area contributed by atoms with E-state index in [1.807, 2.05) is 11.9 Å². The highest BCUT2D eigenvalue weighted by atomic mass is 32.2. The summed E-state index contributed by atoms with van der Waals surface area (Å²) in [5, 5.41) is 0. The second kappa shape index (κ2) is 4.83. The predicted octanol–water partition coefficient (Wildman–Crippen LogP) is 0.390. The maximum atomic E-state index is 13.1. The van der Waals surface area contributed by atoms with Crippen LogP contribution in [-0.2, 0) is 10.0 Å². The van der Waals surface area contributed by atoms with Gasteiger partial charge in [0.05, 0.1) is 5.69 Å². The lowest BCUT2D eigenvalue weighted by molar-refractivity contribution is 0.407. The molecule has 7 heteroatoms. The zero-order chi connectivity index (χ0) is 13.3. The molecule has 1 unspecified atom stereocenters. The molecule has 1 aliphatic heterocycles. The molecule has 0 radical (unpaired) electrons. The number of anilines is 1. The number of nitrogens with one attached hydrogen (secondary N) is 1. The van der Waals surface area contributed by atoms with Gasteiger partial charge in [-0.3, -0.25) is 0 Å². The molecule has 0 amide bonds. The van der Waals surface area contributed by atoms with Crippen molar-refractivity contribution in [2.24, 2.45) is 0 Å². The molecule has 2 rings (SSSR count). The summed E-state index contributed by atoms with van der Waals surface area (Å²) >= 11 is 0. The van der Waals surface area contributed by atoms with Crippen LogP contribution in [0.4, 0.5) is 10.1 Å². The van der Waals surface area contributed by atoms with E-state index < -0.39 is 15.8 Å². The molecule has 1 fully saturated rings. The van der Waals surface area contributed by atoms with Crippen LogP contribution in [0.3, 0.4) is 0 Å². The van der Waals surface area contributed by atoms with Crippen LogP contribution in [0.2, 0.25) is 0 Å². The third-order valence-electron chi connectivity index (χ3n) is 2.98. The molecule has 0 aliphatic carbocycles. The smallest absolute Gasteiger partial charge is 0.243 e. The second-order valence-corrected chi connectivity index (χ2v) is 6.23. The molecule has 100 valence electrons. The lowest BCUT2D eigenvalue weighted by atomic mass is 10.3. The lowest BCUT2D eigenvalue weighted by Crippen LogP contribution is -2.36. The number of sulfonamides is 1. The second-order valence-electron chi connectivity index (χ2n) is 4.55. The van der Waals surface area contributed by atoms with E-state index >= 15 is 0 Å². The molecule has 0 saturated carbocycles. The summed E-state index contributed by atoms with van der Waals surface area (Å²) < 4.78 is 39.8. The zero-order valence-electron chi connectivity index (χ0n) is 10.1. The number of likely N-dealkylation sites (N-methyl/N-ethyl adjacent to an activating group) is 1. The van der Waals surface area contributed by atoms with Gasteiger partial charge in [0.25, 0.3) is 0 Å². The molecule has 1 aromatic rings. The molecule has 1 aliphatic rings. The van der Waals surface area contributed by atoms with Crippen molar-refractivity contribution in [1.29, 1.82) is 0 Å². The summed E-state index contributed by atoms with van der Waals surface area (Å²) in [6.45, 7) is 1.49. The summed E-state index contributed by atoms with van der Waals surface area (Å²) in [7, 11) is -1.84. The van der Waals surface area contributed by atoms with Crippen LogP contribution in [0.25, 0.3) is 0 Å². The highest BCUT2D eigenvalue weighted by Gasteiger charge is 2.26. The first-order valence-corrected chi connectivity index (χ1v) is 7.13. The molecule has 1 aromatic carbocycles. The standard InChI is InChI=1S/C11H16FN3O2S/c1-15-5-4-9(7-15)14-18(16,17)11-6-8(12)2-3-10(11)13/h2-3,6,9,14H,4-5,7,13H2,1H3. The van der Waals surface area contributed by atoms with Crippen molar-refractivity contribution >= 4 is 15.7 Å². The largest absolute Gasteiger partial charge is 0.398 e. The minimum atomic E-state index is -3.76. The first kappa shape index (κ1) is 13.3. The Labute approximate surface area is 106 Å². The van der Waals surface area contributed by atoms with Gasteiger partial charge in [-0.2, -0.15) is 0 Å². The number of likely N-dealkylation sites (tertiary alicyclic amines) is 1. The maximum absolute atomic E-state index is 13.1. The van der Waals surface area contributed by atoms with Crippen LogP contribution in [0.5, 0.6) is 0 Å². The van der Waals surface area contributed by atoms with Crippen molar-refractivity contribution in [3.05, 3.63) is 24.0 Å². The number of nitrogen functional groups attached to an aromatic ring is 1. The molecular weight excluding hydrogens is 257 g/mol. The molecule has 3 N–H and O–H groups in total. The van der Waals surface area contributed by atoms with Crippen LogP contribution in [0.1, 0.15) is 6.42 Å². The Bertz CT molecular complexity index is 547. The van der Waals surface area contributed by atoms with Gasteiger partial charge in [-0.15, -0.1) is 0 Å². The van der Waals surface area contributed by atoms with Crippen molar-refractivity contribution in [3.63, 3.8) is 0 Å². The van der Waals surface area contributed by atoms with Gasteiger partial charge in [-0.25, -0.2) is 17.5 Å². The summed E-state index contributed by atoms with van der Waals surface area (Å²) in [5.41, 5.74) is 5.63. The molecule has 1 heterocycles. The number of rotatable bonds is 3. The van der Waals surface area contributed by atoms with Crippen molar-refractivity contribution in [1.82, 2.24) is 9.62 Å². The average Bonchev–Trinajstić information content (AvgIpc) is 2.66. The molecule has 0 spiro atoms. The first-order valence-electron chi connectivity index (χ1n) is 5.64. The van der Waals surface area contributed by atoms with Gasteiger partial charge < -0.3 is 10.6 Å². The Balaban J connectivity index is 2.23.